The van der Waals surface area contributed by atoms with E-state index >= 15 is 0 Å². The highest BCUT2D eigenvalue weighted by Crippen LogP contribution is 2.37. The molecule has 23 heteroatoms. The zero-order valence-corrected chi connectivity index (χ0v) is 39.7. The summed E-state index contributed by atoms with van der Waals surface area (Å²) < 4.78 is 19.3. The van der Waals surface area contributed by atoms with E-state index in [9.17, 15) is 28.8 Å². The number of hydrogen-bond acceptors (Lipinski definition) is 14. The molecule has 1 saturated heterocycles. The molecule has 0 aliphatic carbocycles. The summed E-state index contributed by atoms with van der Waals surface area (Å²) in [5.41, 5.74) is 15.0. The van der Waals surface area contributed by atoms with E-state index in [1.807, 2.05) is 30.6 Å². The highest BCUT2D eigenvalue weighted by atomic mass is 16.5. The monoisotopic (exact) mass is 965 g/mol. The van der Waals surface area contributed by atoms with Crippen LogP contribution < -0.4 is 26.3 Å². The summed E-state index contributed by atoms with van der Waals surface area (Å²) in [6.45, 7) is 10.0. The topological polar surface area (TPSA) is 288 Å². The van der Waals surface area contributed by atoms with Gasteiger partial charge >= 0.3 is 0 Å². The van der Waals surface area contributed by atoms with Crippen LogP contribution in [0.2, 0.25) is 0 Å². The average Bonchev–Trinajstić information content (AvgIpc) is 4.15. The number of aryl methyl sites for hydroxylation is 4. The summed E-state index contributed by atoms with van der Waals surface area (Å²) >= 11 is 0. The van der Waals surface area contributed by atoms with Gasteiger partial charge in [-0.1, -0.05) is 12.2 Å². The third-order valence-electron chi connectivity index (χ3n) is 12.5. The lowest BCUT2D eigenvalue weighted by molar-refractivity contribution is -0.140. The highest BCUT2D eigenvalue weighted by Gasteiger charge is 2.32. The molecule has 2 aliphatic rings. The molecule has 0 spiro atoms. The maximum absolute atomic E-state index is 13.8. The second-order valence-electron chi connectivity index (χ2n) is 17.2. The molecule has 0 radical (unpaired) electrons. The molecule has 0 atom stereocenters. The number of methoxy groups -OCH3 is 1. The van der Waals surface area contributed by atoms with Crippen molar-refractivity contribution in [3.8, 4) is 23.1 Å². The second kappa shape index (κ2) is 19.3. The van der Waals surface area contributed by atoms with Crippen LogP contribution in [0.1, 0.15) is 69.4 Å². The molecule has 1 fully saturated rings. The largest absolute Gasteiger partial charge is 0.494 e. The van der Waals surface area contributed by atoms with Crippen molar-refractivity contribution in [2.45, 2.75) is 66.7 Å². The number of fused-ring (bicyclic) bond motifs is 4. The van der Waals surface area contributed by atoms with Gasteiger partial charge < -0.3 is 35.0 Å². The number of imide groups is 1. The van der Waals surface area contributed by atoms with Gasteiger partial charge in [-0.25, -0.2) is 24.6 Å². The molecule has 23 nitrogen and oxygen atoms in total. The number of hydrogen-bond donors (Lipinski definition) is 3. The number of nitrogens with one attached hydrogen (secondary N) is 1. The Balaban J connectivity index is 1.04. The van der Waals surface area contributed by atoms with Crippen LogP contribution in [0.5, 0.6) is 11.5 Å². The molecule has 9 rings (SSSR count). The number of carbonyl (C=O) groups excluding carboxylic acids is 6. The zero-order valence-electron chi connectivity index (χ0n) is 39.7. The van der Waals surface area contributed by atoms with Gasteiger partial charge in [-0.3, -0.25) is 43.7 Å². The molecule has 0 saturated carbocycles. The Kier molecular flexibility index (Phi) is 12.9. The average molecular weight is 966 g/mol. The van der Waals surface area contributed by atoms with Gasteiger partial charge in [0.2, 0.25) is 23.7 Å². The number of anilines is 1. The van der Waals surface area contributed by atoms with Crippen LogP contribution in [0.15, 0.2) is 60.8 Å². The van der Waals surface area contributed by atoms with Gasteiger partial charge in [-0.05, 0) is 70.4 Å². The number of allylic oxidation sites excluding steroid dienone is 2. The lowest BCUT2D eigenvalue weighted by Gasteiger charge is -2.39. The summed E-state index contributed by atoms with van der Waals surface area (Å²) in [4.78, 5) is 97.6. The molecular weight excluding hydrogens is 915 g/mol. The van der Waals surface area contributed by atoms with Gasteiger partial charge in [0.25, 0.3) is 17.7 Å². The van der Waals surface area contributed by atoms with Crippen LogP contribution in [0.25, 0.3) is 44.6 Å². The van der Waals surface area contributed by atoms with Crippen LogP contribution in [-0.2, 0) is 40.6 Å². The van der Waals surface area contributed by atoms with Crippen molar-refractivity contribution >= 4 is 74.4 Å². The predicted octanol–water partition coefficient (Wildman–Crippen LogP) is 3.30. The molecule has 71 heavy (non-hydrogen) atoms. The Morgan fingerprint density at radius 3 is 2.20 bits per heavy atom. The van der Waals surface area contributed by atoms with Crippen molar-refractivity contribution in [3.63, 3.8) is 0 Å². The van der Waals surface area contributed by atoms with Crippen LogP contribution in [0.3, 0.4) is 0 Å². The summed E-state index contributed by atoms with van der Waals surface area (Å²) in [6.07, 6.45) is 8.48. The molecule has 366 valence electrons. The highest BCUT2D eigenvalue weighted by molar-refractivity contribution is 6.13. The van der Waals surface area contributed by atoms with E-state index in [4.69, 9.17) is 35.9 Å². The molecule has 6 amide bonds. The maximum Gasteiger partial charge on any atom is 0.276 e. The van der Waals surface area contributed by atoms with Gasteiger partial charge in [0.05, 0.1) is 30.4 Å². The smallest absolute Gasteiger partial charge is 0.276 e. The molecule has 2 aromatic carbocycles. The van der Waals surface area contributed by atoms with Crippen molar-refractivity contribution in [1.29, 1.82) is 0 Å². The van der Waals surface area contributed by atoms with Gasteiger partial charge in [0.15, 0.2) is 11.6 Å². The van der Waals surface area contributed by atoms with E-state index in [-0.39, 0.29) is 61.6 Å². The number of nitrogens with two attached hydrogens (primary N) is 2. The lowest BCUT2D eigenvalue weighted by Crippen LogP contribution is -2.51. The van der Waals surface area contributed by atoms with E-state index in [0.29, 0.717) is 106 Å². The molecular formula is C48H51N15O8. The van der Waals surface area contributed by atoms with E-state index < -0.39 is 29.5 Å². The minimum absolute atomic E-state index is 0.0215. The first kappa shape index (κ1) is 47.3. The Morgan fingerprint density at radius 1 is 0.817 bits per heavy atom. The molecule has 0 unspecified atom stereocenters. The number of benzene rings is 2. The quantitative estimate of drug-likeness (QED) is 0.0775. The fourth-order valence-electron chi connectivity index (χ4n) is 8.95. The Hall–Kier alpha value is -8.76. The van der Waals surface area contributed by atoms with E-state index in [2.05, 4.69) is 20.5 Å². The molecule has 5 N–H and O–H groups in total. The molecule has 0 bridgehead atoms. The van der Waals surface area contributed by atoms with Crippen molar-refractivity contribution < 1.29 is 38.2 Å². The van der Waals surface area contributed by atoms with Gasteiger partial charge in [0, 0.05) is 92.5 Å². The Labute approximate surface area is 405 Å². The third-order valence-corrected chi connectivity index (χ3v) is 12.5. The fourth-order valence-corrected chi connectivity index (χ4v) is 8.95. The number of primary amides is 2. The number of ether oxygens (including phenoxy) is 2. The number of rotatable bonds is 19. The van der Waals surface area contributed by atoms with Crippen LogP contribution in [-0.4, -0.2) is 127 Å². The van der Waals surface area contributed by atoms with Gasteiger partial charge in [-0.2, -0.15) is 10.2 Å². The number of carbonyl (C=O) groups is 6. The van der Waals surface area contributed by atoms with Crippen LogP contribution >= 0.6 is 0 Å². The van der Waals surface area contributed by atoms with Crippen LogP contribution in [0, 0.1) is 19.8 Å². The number of nitrogens with zero attached hydrogens (tertiary/aromatic N) is 12. The normalized spacial score (nSPS) is 13.9. The minimum Gasteiger partial charge on any atom is -0.494 e. The minimum atomic E-state index is -0.675. The number of likely N-dealkylation sites (tertiary alicyclic amines) is 1. The second-order valence-corrected chi connectivity index (χ2v) is 17.2. The SMILES string of the molecule is CCn1nc(C)cc1C(=O)Nc1nc2cc(C(N)=O)cc(OC)c2n1C/C=C/Cn1c2nc(-c3nc(C)nn3CC)ncc2c2cc(C(N)=O)cc(OCCC3CN(C(=O)CCN4C(=O)C=CC4=O)C3)c21. The standard InChI is InChI=1S/C48H51N15O8/c1-6-62-34(18-26(3)56-62)47(69)55-48-53-33-20-30(43(50)68)21-35(70-5)41(33)61(48)15-9-8-14-60-40-31(32-23-51-44(54-45(32)60)46-52-27(4)57-63(46)7-2)19-29(42(49)67)22-36(40)71-17-13-28-24-58(25-28)37(64)12-16-59-38(65)10-11-39(59)66/h8-11,18-23,28H,6-7,12-17,24-25H2,1-5H3,(H2,49,67)(H2,50,68)(H,53,55,69)/b9-8+. The van der Waals surface area contributed by atoms with Crippen molar-refractivity contribution in [2.75, 3.05) is 38.7 Å². The molecule has 7 heterocycles. The van der Waals surface area contributed by atoms with Crippen molar-refractivity contribution in [1.82, 2.24) is 58.4 Å². The fraction of sp³-hybridized carbons (Fsp3) is 0.333. The zero-order chi connectivity index (χ0) is 50.2. The Bertz CT molecular complexity index is 3370. The molecule has 5 aromatic heterocycles. The van der Waals surface area contributed by atoms with E-state index in [0.717, 1.165) is 4.90 Å². The summed E-state index contributed by atoms with van der Waals surface area (Å²) in [5.74, 6) is -0.420. The van der Waals surface area contributed by atoms with Crippen molar-refractivity contribution in [2.24, 2.45) is 17.4 Å². The van der Waals surface area contributed by atoms with Crippen LogP contribution in [0.4, 0.5) is 5.95 Å². The summed E-state index contributed by atoms with van der Waals surface area (Å²) in [7, 11) is 1.46. The van der Waals surface area contributed by atoms with E-state index in [1.165, 1.54) is 31.4 Å². The van der Waals surface area contributed by atoms with E-state index in [1.54, 1.807) is 57.1 Å². The number of imidazole rings is 1. The number of amides is 6. The molecule has 7 aromatic rings. The van der Waals surface area contributed by atoms with Gasteiger partial charge in [-0.15, -0.1) is 0 Å². The maximum atomic E-state index is 13.8. The molecule has 2 aliphatic heterocycles. The first-order valence-electron chi connectivity index (χ1n) is 23.0. The summed E-state index contributed by atoms with van der Waals surface area (Å²) in [6, 6.07) is 8.04. The lowest BCUT2D eigenvalue weighted by atomic mass is 9.96. The first-order valence-corrected chi connectivity index (χ1v) is 23.0. The van der Waals surface area contributed by atoms with Crippen molar-refractivity contribution in [3.05, 3.63) is 89.2 Å². The summed E-state index contributed by atoms with van der Waals surface area (Å²) in [5, 5.41) is 13.1. The third kappa shape index (κ3) is 9.15. The Morgan fingerprint density at radius 2 is 1.51 bits per heavy atom. The predicted molar refractivity (Wildman–Crippen MR) is 258 cm³/mol. The van der Waals surface area contributed by atoms with Gasteiger partial charge in [0.1, 0.15) is 34.2 Å². The first-order chi connectivity index (χ1) is 34.1. The number of aromatic nitrogens is 10.